The van der Waals surface area contributed by atoms with Gasteiger partial charge in [0.05, 0.1) is 0 Å². The Bertz CT molecular complexity index is 421. The molecule has 1 aromatic carbocycles. The minimum Gasteiger partial charge on any atom is -0.303 e. The molecule has 21 heavy (non-hydrogen) atoms. The first kappa shape index (κ1) is 22.1. The molecule has 0 radical (unpaired) electrons. The van der Waals surface area contributed by atoms with E-state index in [4.69, 9.17) is 0 Å². The third kappa shape index (κ3) is 10.2. The lowest BCUT2D eigenvalue weighted by molar-refractivity contribution is 0.711. The van der Waals surface area contributed by atoms with Gasteiger partial charge in [0, 0.05) is 12.3 Å². The van der Waals surface area contributed by atoms with E-state index >= 15 is 0 Å². The van der Waals surface area contributed by atoms with Crippen molar-refractivity contribution in [2.45, 2.75) is 46.9 Å². The summed E-state index contributed by atoms with van der Waals surface area (Å²) in [4.78, 5) is 0. The van der Waals surface area contributed by atoms with Gasteiger partial charge in [0.2, 0.25) is 0 Å². The monoisotopic (exact) mass is 305 g/mol. The van der Waals surface area contributed by atoms with Gasteiger partial charge in [-0.25, -0.2) is 0 Å². The molecule has 0 spiro atoms. The van der Waals surface area contributed by atoms with Crippen molar-refractivity contribution in [1.82, 2.24) is 5.32 Å². The molecular formula is C19H32NP. The van der Waals surface area contributed by atoms with Crippen molar-refractivity contribution in [3.8, 4) is 0 Å². The highest BCUT2D eigenvalue weighted by Gasteiger charge is 2.04. The number of hydrogen-bond acceptors (Lipinski definition) is 1. The third-order valence-electron chi connectivity index (χ3n) is 2.51. The number of rotatable bonds is 6. The Hall–Kier alpha value is -1.17. The Balaban J connectivity index is 0. The molecule has 1 aromatic rings. The van der Waals surface area contributed by atoms with Gasteiger partial charge in [-0.05, 0) is 18.1 Å². The minimum absolute atomic E-state index is 0.200. The van der Waals surface area contributed by atoms with Gasteiger partial charge in [-0.1, -0.05) is 88.9 Å². The summed E-state index contributed by atoms with van der Waals surface area (Å²) in [6.07, 6.45) is 5.60. The van der Waals surface area contributed by atoms with Crippen LogP contribution in [0.15, 0.2) is 61.2 Å². The molecule has 2 unspecified atom stereocenters. The molecule has 1 rings (SSSR count). The second-order valence-corrected chi connectivity index (χ2v) is 4.62. The summed E-state index contributed by atoms with van der Waals surface area (Å²) < 4.78 is 0. The fraction of sp³-hybridized carbons (Fsp3) is 0.368. The largest absolute Gasteiger partial charge is 0.303 e. The van der Waals surface area contributed by atoms with E-state index in [2.05, 4.69) is 58.9 Å². The normalized spacial score (nSPS) is 11.2. The molecule has 0 heterocycles. The molecule has 1 nitrogen and oxygen atoms in total. The first-order valence-electron chi connectivity index (χ1n) is 7.67. The van der Waals surface area contributed by atoms with E-state index in [1.807, 2.05) is 39.8 Å². The SMILES string of the molecule is C=C/C=C(\C=C)C(P)NCc1cccc(C)c1.CC.CC. The van der Waals surface area contributed by atoms with E-state index in [1.54, 1.807) is 6.08 Å². The summed E-state index contributed by atoms with van der Waals surface area (Å²) in [5.74, 6) is 0.200. The van der Waals surface area contributed by atoms with Crippen LogP contribution in [0, 0.1) is 6.92 Å². The predicted octanol–water partition coefficient (Wildman–Crippen LogP) is 5.64. The van der Waals surface area contributed by atoms with Crippen LogP contribution in [0.25, 0.3) is 0 Å². The van der Waals surface area contributed by atoms with Gasteiger partial charge in [0.25, 0.3) is 0 Å². The van der Waals surface area contributed by atoms with Crippen molar-refractivity contribution in [1.29, 1.82) is 0 Å². The zero-order valence-electron chi connectivity index (χ0n) is 14.3. The van der Waals surface area contributed by atoms with E-state index < -0.39 is 0 Å². The van der Waals surface area contributed by atoms with Gasteiger partial charge in [-0.3, -0.25) is 0 Å². The number of hydrogen-bond donors (Lipinski definition) is 1. The van der Waals surface area contributed by atoms with Crippen molar-refractivity contribution >= 4 is 9.24 Å². The maximum Gasteiger partial charge on any atom is 0.0466 e. The average molecular weight is 305 g/mol. The van der Waals surface area contributed by atoms with Gasteiger partial charge < -0.3 is 5.32 Å². The number of nitrogens with one attached hydrogen (secondary N) is 1. The van der Waals surface area contributed by atoms with E-state index in [0.29, 0.717) is 0 Å². The van der Waals surface area contributed by atoms with Gasteiger partial charge in [-0.2, -0.15) is 0 Å². The molecule has 118 valence electrons. The second kappa shape index (κ2) is 15.2. The second-order valence-electron chi connectivity index (χ2n) is 3.95. The van der Waals surface area contributed by atoms with Gasteiger partial charge in [0.15, 0.2) is 0 Å². The van der Waals surface area contributed by atoms with Gasteiger partial charge in [-0.15, -0.1) is 9.24 Å². The lowest BCUT2D eigenvalue weighted by Gasteiger charge is -2.15. The molecule has 0 fully saturated rings. The van der Waals surface area contributed by atoms with Crippen molar-refractivity contribution in [2.24, 2.45) is 0 Å². The number of aryl methyl sites for hydroxylation is 1. The lowest BCUT2D eigenvalue weighted by Crippen LogP contribution is -2.24. The van der Waals surface area contributed by atoms with Crippen LogP contribution in [-0.4, -0.2) is 5.78 Å². The molecule has 2 heteroatoms. The molecule has 0 amide bonds. The first-order chi connectivity index (χ1) is 10.2. The smallest absolute Gasteiger partial charge is 0.0466 e. The van der Waals surface area contributed by atoms with Gasteiger partial charge >= 0.3 is 0 Å². The highest BCUT2D eigenvalue weighted by Crippen LogP contribution is 2.12. The predicted molar refractivity (Wildman–Crippen MR) is 103 cm³/mol. The molecule has 0 aliphatic heterocycles. The average Bonchev–Trinajstić information content (AvgIpc) is 2.54. The van der Waals surface area contributed by atoms with E-state index in [1.165, 1.54) is 11.1 Å². The quantitative estimate of drug-likeness (QED) is 0.530. The van der Waals surface area contributed by atoms with Crippen LogP contribution in [-0.2, 0) is 6.54 Å². The fourth-order valence-electron chi connectivity index (χ4n) is 1.60. The fourth-order valence-corrected chi connectivity index (χ4v) is 1.97. The Morgan fingerprint density at radius 3 is 2.33 bits per heavy atom. The van der Waals surface area contributed by atoms with Crippen molar-refractivity contribution in [2.75, 3.05) is 0 Å². The Kier molecular flexibility index (Phi) is 16.0. The number of allylic oxidation sites excluding steroid dienone is 2. The Morgan fingerprint density at radius 2 is 1.86 bits per heavy atom. The van der Waals surface area contributed by atoms with Crippen LogP contribution >= 0.6 is 9.24 Å². The third-order valence-corrected chi connectivity index (χ3v) is 3.13. The molecule has 0 saturated carbocycles. The molecule has 2 atom stereocenters. The van der Waals surface area contributed by atoms with Crippen LogP contribution in [0.1, 0.15) is 38.8 Å². The van der Waals surface area contributed by atoms with Gasteiger partial charge in [0.1, 0.15) is 0 Å². The molecule has 0 saturated heterocycles. The number of benzene rings is 1. The zero-order chi connectivity index (χ0) is 16.7. The van der Waals surface area contributed by atoms with Crippen LogP contribution in [0.2, 0.25) is 0 Å². The zero-order valence-corrected chi connectivity index (χ0v) is 15.5. The maximum atomic E-state index is 3.80. The Labute approximate surface area is 134 Å². The van der Waals surface area contributed by atoms with Crippen molar-refractivity contribution in [3.63, 3.8) is 0 Å². The Morgan fingerprint density at radius 1 is 1.24 bits per heavy atom. The van der Waals surface area contributed by atoms with E-state index in [-0.39, 0.29) is 5.78 Å². The van der Waals surface area contributed by atoms with Crippen molar-refractivity contribution in [3.05, 3.63) is 72.4 Å². The van der Waals surface area contributed by atoms with Crippen LogP contribution in [0.5, 0.6) is 0 Å². The van der Waals surface area contributed by atoms with Crippen molar-refractivity contribution < 1.29 is 0 Å². The maximum absolute atomic E-state index is 3.80. The lowest BCUT2D eigenvalue weighted by atomic mass is 10.1. The highest BCUT2D eigenvalue weighted by molar-refractivity contribution is 7.18. The molecule has 0 aromatic heterocycles. The summed E-state index contributed by atoms with van der Waals surface area (Å²) in [5.41, 5.74) is 3.70. The summed E-state index contributed by atoms with van der Waals surface area (Å²) >= 11 is 0. The topological polar surface area (TPSA) is 12.0 Å². The van der Waals surface area contributed by atoms with Crippen LogP contribution in [0.4, 0.5) is 0 Å². The van der Waals surface area contributed by atoms with E-state index in [9.17, 15) is 0 Å². The first-order valence-corrected chi connectivity index (χ1v) is 8.33. The van der Waals surface area contributed by atoms with Crippen LogP contribution in [0.3, 0.4) is 0 Å². The standard InChI is InChI=1S/C15H20NP.2C2H6/c1-4-7-14(5-2)15(17)16-11-13-9-6-8-12(3)10-13;2*1-2/h4-10,15-16H,1-2,11,17H2,3H3;2*1-2H3/b14-7+;;. The van der Waals surface area contributed by atoms with E-state index in [0.717, 1.165) is 12.1 Å². The summed E-state index contributed by atoms with van der Waals surface area (Å²) in [6, 6.07) is 8.50. The molecule has 1 N–H and O–H groups in total. The summed E-state index contributed by atoms with van der Waals surface area (Å²) in [7, 11) is 2.78. The molecule has 0 bridgehead atoms. The minimum atomic E-state index is 0.200. The summed E-state index contributed by atoms with van der Waals surface area (Å²) in [5, 5.41) is 3.44. The summed E-state index contributed by atoms with van der Waals surface area (Å²) in [6.45, 7) is 18.5. The van der Waals surface area contributed by atoms with Crippen LogP contribution < -0.4 is 5.32 Å². The molecule has 0 aliphatic carbocycles. The molecular weight excluding hydrogens is 273 g/mol. The highest BCUT2D eigenvalue weighted by atomic mass is 31.0. The molecule has 0 aliphatic rings.